The number of phenols is 2. The molecule has 0 spiro atoms. The van der Waals surface area contributed by atoms with Crippen molar-refractivity contribution in [2.75, 3.05) is 13.1 Å². The van der Waals surface area contributed by atoms with Crippen LogP contribution < -0.4 is 4.72 Å². The second-order valence-electron chi connectivity index (χ2n) is 6.69. The van der Waals surface area contributed by atoms with Gasteiger partial charge in [-0.2, -0.15) is 5.10 Å². The fourth-order valence-corrected chi connectivity index (χ4v) is 4.99. The van der Waals surface area contributed by atoms with Gasteiger partial charge in [0.15, 0.2) is 0 Å². The van der Waals surface area contributed by atoms with Crippen LogP contribution >= 0.6 is 0 Å². The summed E-state index contributed by atoms with van der Waals surface area (Å²) in [5, 5.41) is 25.6. The van der Waals surface area contributed by atoms with E-state index in [-0.39, 0.29) is 33.9 Å². The lowest BCUT2D eigenvalue weighted by atomic mass is 10.0. The molecule has 0 saturated carbocycles. The first-order chi connectivity index (χ1) is 12.7. The van der Waals surface area contributed by atoms with Crippen LogP contribution in [0.4, 0.5) is 0 Å². The summed E-state index contributed by atoms with van der Waals surface area (Å²) in [5.41, 5.74) is 1.09. The largest absolute Gasteiger partial charge is 0.508 e. The molecule has 27 heavy (non-hydrogen) atoms. The molecular formula is C17H22N4O5S. The molecule has 0 bridgehead atoms. The summed E-state index contributed by atoms with van der Waals surface area (Å²) < 4.78 is 27.9. The van der Waals surface area contributed by atoms with Crippen LogP contribution in [0.25, 0.3) is 0 Å². The summed E-state index contributed by atoms with van der Waals surface area (Å²) in [6, 6.07) is 3.45. The second-order valence-corrected chi connectivity index (χ2v) is 8.34. The number of sulfonamides is 1. The van der Waals surface area contributed by atoms with Crippen molar-refractivity contribution in [2.45, 2.75) is 37.6 Å². The number of H-pyrrole nitrogens is 1. The van der Waals surface area contributed by atoms with Gasteiger partial charge in [0.25, 0.3) is 5.91 Å². The highest BCUT2D eigenvalue weighted by atomic mass is 32.2. The molecule has 1 fully saturated rings. The molecule has 0 unspecified atom stereocenters. The zero-order chi connectivity index (χ0) is 19.8. The number of amides is 1. The van der Waals surface area contributed by atoms with Crippen molar-refractivity contribution in [3.8, 4) is 11.5 Å². The van der Waals surface area contributed by atoms with E-state index in [1.807, 2.05) is 0 Å². The quantitative estimate of drug-likeness (QED) is 0.611. The van der Waals surface area contributed by atoms with Crippen molar-refractivity contribution < 1.29 is 23.4 Å². The number of carbonyl (C=O) groups is 1. The molecule has 146 valence electrons. The number of aromatic hydroxyl groups is 2. The number of rotatable bonds is 4. The lowest BCUT2D eigenvalue weighted by molar-refractivity contribution is 0.0710. The van der Waals surface area contributed by atoms with E-state index in [2.05, 4.69) is 14.9 Å². The first kappa shape index (κ1) is 19.2. The molecule has 1 aromatic heterocycles. The minimum absolute atomic E-state index is 0.163. The highest BCUT2D eigenvalue weighted by molar-refractivity contribution is 7.89. The number of hydrogen-bond donors (Lipinski definition) is 4. The highest BCUT2D eigenvalue weighted by Crippen LogP contribution is 2.24. The fourth-order valence-electron chi connectivity index (χ4n) is 3.32. The van der Waals surface area contributed by atoms with E-state index in [0.29, 0.717) is 37.3 Å². The van der Waals surface area contributed by atoms with Crippen molar-refractivity contribution in [1.29, 1.82) is 0 Å². The van der Waals surface area contributed by atoms with E-state index in [1.165, 1.54) is 12.1 Å². The number of piperidine rings is 1. The monoisotopic (exact) mass is 394 g/mol. The summed E-state index contributed by atoms with van der Waals surface area (Å²) in [6.07, 6.45) is 0.928. The molecule has 0 radical (unpaired) electrons. The van der Waals surface area contributed by atoms with Gasteiger partial charge in [-0.25, -0.2) is 13.1 Å². The molecule has 2 aromatic rings. The van der Waals surface area contributed by atoms with Crippen molar-refractivity contribution in [3.63, 3.8) is 0 Å². The zero-order valence-corrected chi connectivity index (χ0v) is 15.9. The third-order valence-electron chi connectivity index (χ3n) is 4.58. The fraction of sp³-hybridized carbons (Fsp3) is 0.412. The maximum absolute atomic E-state index is 12.6. The maximum Gasteiger partial charge on any atom is 0.254 e. The van der Waals surface area contributed by atoms with Crippen molar-refractivity contribution >= 4 is 15.9 Å². The minimum Gasteiger partial charge on any atom is -0.508 e. The van der Waals surface area contributed by atoms with Crippen LogP contribution in [0.3, 0.4) is 0 Å². The van der Waals surface area contributed by atoms with Gasteiger partial charge in [-0.3, -0.25) is 9.89 Å². The Kier molecular flexibility index (Phi) is 5.11. The highest BCUT2D eigenvalue weighted by Gasteiger charge is 2.29. The van der Waals surface area contributed by atoms with Crippen molar-refractivity contribution in [3.05, 3.63) is 35.2 Å². The molecule has 1 amide bonds. The molecular weight excluding hydrogens is 372 g/mol. The smallest absolute Gasteiger partial charge is 0.254 e. The number of aryl methyl sites for hydroxylation is 2. The minimum atomic E-state index is -3.69. The van der Waals surface area contributed by atoms with E-state index in [4.69, 9.17) is 0 Å². The number of nitrogens with one attached hydrogen (secondary N) is 2. The molecule has 1 aromatic carbocycles. The van der Waals surface area contributed by atoms with Crippen LogP contribution in [0.15, 0.2) is 23.1 Å². The Morgan fingerprint density at radius 3 is 2.30 bits per heavy atom. The molecule has 1 aliphatic heterocycles. The summed E-state index contributed by atoms with van der Waals surface area (Å²) in [5.74, 6) is -0.692. The lowest BCUT2D eigenvalue weighted by Crippen LogP contribution is -2.46. The zero-order valence-electron chi connectivity index (χ0n) is 15.1. The van der Waals surface area contributed by atoms with Crippen molar-refractivity contribution in [1.82, 2.24) is 19.8 Å². The SMILES string of the molecule is Cc1n[nH]c(C)c1S(=O)(=O)NC1CCN(C(=O)c2cc(O)cc(O)c2)CC1. The van der Waals surface area contributed by atoms with E-state index < -0.39 is 10.0 Å². The number of aromatic amines is 1. The van der Waals surface area contributed by atoms with E-state index >= 15 is 0 Å². The molecule has 0 atom stereocenters. The van der Waals surface area contributed by atoms with E-state index in [0.717, 1.165) is 6.07 Å². The predicted molar refractivity (Wildman–Crippen MR) is 97.1 cm³/mol. The summed E-state index contributed by atoms with van der Waals surface area (Å²) in [6.45, 7) is 4.02. The van der Waals surface area contributed by atoms with Gasteiger partial charge in [0.2, 0.25) is 10.0 Å². The molecule has 1 aliphatic rings. The number of likely N-dealkylation sites (tertiary alicyclic amines) is 1. The van der Waals surface area contributed by atoms with Gasteiger partial charge in [-0.05, 0) is 38.8 Å². The third kappa shape index (κ3) is 4.06. The number of nitrogens with zero attached hydrogens (tertiary/aromatic N) is 2. The summed E-state index contributed by atoms with van der Waals surface area (Å²) in [4.78, 5) is 14.3. The van der Waals surface area contributed by atoms with Gasteiger partial charge >= 0.3 is 0 Å². The van der Waals surface area contributed by atoms with Crippen LogP contribution in [0.5, 0.6) is 11.5 Å². The average molecular weight is 394 g/mol. The Morgan fingerprint density at radius 1 is 1.19 bits per heavy atom. The Labute approximate surface area is 157 Å². The summed E-state index contributed by atoms with van der Waals surface area (Å²) >= 11 is 0. The van der Waals surface area contributed by atoms with Crippen LogP contribution in [-0.2, 0) is 10.0 Å². The van der Waals surface area contributed by atoms with Gasteiger partial charge in [-0.15, -0.1) is 0 Å². The Bertz CT molecular complexity index is 922. The normalized spacial score (nSPS) is 15.9. The first-order valence-corrected chi connectivity index (χ1v) is 10.0. The second kappa shape index (κ2) is 7.20. The van der Waals surface area contributed by atoms with Crippen molar-refractivity contribution in [2.24, 2.45) is 0 Å². The Hall–Kier alpha value is -2.59. The number of hydrogen-bond acceptors (Lipinski definition) is 6. The summed E-state index contributed by atoms with van der Waals surface area (Å²) in [7, 11) is -3.69. The number of benzene rings is 1. The lowest BCUT2D eigenvalue weighted by Gasteiger charge is -2.32. The molecule has 4 N–H and O–H groups in total. The maximum atomic E-state index is 12.6. The van der Waals surface area contributed by atoms with Gasteiger partial charge in [0.1, 0.15) is 16.4 Å². The standard InChI is InChI=1S/C17H22N4O5S/c1-10-16(11(2)19-18-10)27(25,26)20-13-3-5-21(6-4-13)17(24)12-7-14(22)9-15(23)8-12/h7-9,13,20,22-23H,3-6H2,1-2H3,(H,18,19). The molecule has 3 rings (SSSR count). The van der Waals surface area contributed by atoms with Gasteiger partial charge in [0.05, 0.1) is 11.4 Å². The van der Waals surface area contributed by atoms with Crippen LogP contribution in [0, 0.1) is 13.8 Å². The van der Waals surface area contributed by atoms with Crippen LogP contribution in [-0.4, -0.2) is 58.8 Å². The topological polar surface area (TPSA) is 136 Å². The number of phenolic OH excluding ortho intramolecular Hbond substituents is 2. The number of carbonyl (C=O) groups excluding carboxylic acids is 1. The average Bonchev–Trinajstić information content (AvgIpc) is 2.93. The Balaban J connectivity index is 1.64. The van der Waals surface area contributed by atoms with Gasteiger partial charge < -0.3 is 15.1 Å². The molecule has 1 saturated heterocycles. The van der Waals surface area contributed by atoms with Gasteiger partial charge in [-0.1, -0.05) is 0 Å². The van der Waals surface area contributed by atoms with E-state index in [9.17, 15) is 23.4 Å². The van der Waals surface area contributed by atoms with Crippen LogP contribution in [0.2, 0.25) is 0 Å². The molecule has 9 nitrogen and oxygen atoms in total. The Morgan fingerprint density at radius 2 is 1.78 bits per heavy atom. The third-order valence-corrected chi connectivity index (χ3v) is 6.37. The predicted octanol–water partition coefficient (Wildman–Crippen LogP) is 1.02. The van der Waals surface area contributed by atoms with E-state index in [1.54, 1.807) is 18.7 Å². The molecule has 2 heterocycles. The molecule has 10 heteroatoms. The first-order valence-electron chi connectivity index (χ1n) is 8.53. The number of aromatic nitrogens is 2. The van der Waals surface area contributed by atoms with Crippen LogP contribution in [0.1, 0.15) is 34.6 Å². The molecule has 0 aliphatic carbocycles. The van der Waals surface area contributed by atoms with Gasteiger partial charge in [0, 0.05) is 30.8 Å².